The van der Waals surface area contributed by atoms with Gasteiger partial charge in [0.05, 0.1) is 23.3 Å². The highest BCUT2D eigenvalue weighted by Crippen LogP contribution is 2.16. The van der Waals surface area contributed by atoms with Crippen molar-refractivity contribution in [3.63, 3.8) is 0 Å². The summed E-state index contributed by atoms with van der Waals surface area (Å²) in [6, 6.07) is 14.9. The average Bonchev–Trinajstić information content (AvgIpc) is 2.72. The third-order valence-electron chi connectivity index (χ3n) is 5.13. The third kappa shape index (κ3) is 3.61. The van der Waals surface area contributed by atoms with Crippen molar-refractivity contribution in [3.8, 4) is 0 Å². The number of hydrogen-bond acceptors (Lipinski definition) is 4. The van der Waals surface area contributed by atoms with Crippen molar-refractivity contribution in [2.45, 2.75) is 20.4 Å². The minimum Gasteiger partial charge on any atom is -0.339 e. The van der Waals surface area contributed by atoms with Gasteiger partial charge < -0.3 is 4.57 Å². The SMILES string of the molecule is Bc1cccc(Cn2cc(C(=O)c3ccc(C)c(C)c3)c(=O)c3ncccc32)n1. The van der Waals surface area contributed by atoms with Crippen molar-refractivity contribution in [2.24, 2.45) is 0 Å². The highest BCUT2D eigenvalue weighted by atomic mass is 16.1. The molecule has 5 nitrogen and oxygen atoms in total. The Morgan fingerprint density at radius 1 is 1.07 bits per heavy atom. The lowest BCUT2D eigenvalue weighted by Crippen LogP contribution is -2.21. The zero-order valence-corrected chi connectivity index (χ0v) is 16.6. The van der Waals surface area contributed by atoms with E-state index in [0.29, 0.717) is 17.6 Å². The molecule has 0 aliphatic carbocycles. The first-order valence-corrected chi connectivity index (χ1v) is 9.46. The summed E-state index contributed by atoms with van der Waals surface area (Å²) in [6.45, 7) is 4.39. The second-order valence-electron chi connectivity index (χ2n) is 7.27. The molecule has 4 aromatic rings. The second kappa shape index (κ2) is 7.47. The molecule has 0 saturated carbocycles. The topological polar surface area (TPSA) is 64.8 Å². The Balaban J connectivity index is 1.88. The summed E-state index contributed by atoms with van der Waals surface area (Å²) in [5.41, 5.74) is 5.11. The third-order valence-corrected chi connectivity index (χ3v) is 5.13. The number of pyridine rings is 3. The van der Waals surface area contributed by atoms with E-state index in [-0.39, 0.29) is 22.3 Å². The number of ketones is 1. The summed E-state index contributed by atoms with van der Waals surface area (Å²) in [6.07, 6.45) is 3.21. The second-order valence-corrected chi connectivity index (χ2v) is 7.27. The van der Waals surface area contributed by atoms with Crippen LogP contribution in [-0.4, -0.2) is 28.2 Å². The first-order valence-electron chi connectivity index (χ1n) is 9.46. The maximum Gasteiger partial charge on any atom is 0.218 e. The van der Waals surface area contributed by atoms with Crippen LogP contribution < -0.4 is 11.0 Å². The van der Waals surface area contributed by atoms with E-state index in [2.05, 4.69) is 9.97 Å². The average molecular weight is 381 g/mol. The van der Waals surface area contributed by atoms with Crippen molar-refractivity contribution < 1.29 is 4.79 Å². The molecule has 0 aliphatic rings. The van der Waals surface area contributed by atoms with Gasteiger partial charge in [0.1, 0.15) is 5.52 Å². The Hall–Kier alpha value is -3.54. The summed E-state index contributed by atoms with van der Waals surface area (Å²) in [5, 5.41) is 0. The molecular weight excluding hydrogens is 361 g/mol. The molecular formula is C23H20BN3O2. The van der Waals surface area contributed by atoms with Gasteiger partial charge >= 0.3 is 0 Å². The maximum absolute atomic E-state index is 13.2. The number of aromatic nitrogens is 3. The van der Waals surface area contributed by atoms with Crippen molar-refractivity contribution >= 4 is 30.3 Å². The van der Waals surface area contributed by atoms with E-state index >= 15 is 0 Å². The van der Waals surface area contributed by atoms with Crippen LogP contribution in [0.15, 0.2) is 65.7 Å². The fraction of sp³-hybridized carbons (Fsp3) is 0.130. The van der Waals surface area contributed by atoms with Crippen LogP contribution in [-0.2, 0) is 6.54 Å². The number of hydrogen-bond donors (Lipinski definition) is 0. The minimum atomic E-state index is -0.350. The van der Waals surface area contributed by atoms with Crippen LogP contribution in [0.4, 0.5) is 0 Å². The van der Waals surface area contributed by atoms with Crippen LogP contribution in [0.5, 0.6) is 0 Å². The van der Waals surface area contributed by atoms with E-state index in [1.54, 1.807) is 24.5 Å². The van der Waals surface area contributed by atoms with Gasteiger partial charge in [-0.05, 0) is 54.8 Å². The maximum atomic E-state index is 13.2. The zero-order valence-electron chi connectivity index (χ0n) is 16.6. The van der Waals surface area contributed by atoms with E-state index in [9.17, 15) is 9.59 Å². The van der Waals surface area contributed by atoms with E-state index in [0.717, 1.165) is 22.4 Å². The number of benzene rings is 1. The van der Waals surface area contributed by atoms with Crippen molar-refractivity contribution in [3.05, 3.63) is 99.1 Å². The van der Waals surface area contributed by atoms with E-state index < -0.39 is 0 Å². The Labute approximate surface area is 169 Å². The Morgan fingerprint density at radius 3 is 2.66 bits per heavy atom. The summed E-state index contributed by atoms with van der Waals surface area (Å²) < 4.78 is 1.87. The normalized spacial score (nSPS) is 11.0. The fourth-order valence-corrected chi connectivity index (χ4v) is 3.41. The lowest BCUT2D eigenvalue weighted by Gasteiger charge is -2.13. The van der Waals surface area contributed by atoms with Crippen LogP contribution in [0.25, 0.3) is 11.0 Å². The van der Waals surface area contributed by atoms with Gasteiger partial charge in [-0.15, -0.1) is 0 Å². The molecule has 0 N–H and O–H groups in total. The van der Waals surface area contributed by atoms with Gasteiger partial charge in [-0.3, -0.25) is 19.6 Å². The van der Waals surface area contributed by atoms with Crippen molar-refractivity contribution in [1.82, 2.24) is 14.5 Å². The molecule has 0 amide bonds. The Morgan fingerprint density at radius 2 is 1.90 bits per heavy atom. The molecule has 0 aliphatic heterocycles. The van der Waals surface area contributed by atoms with Gasteiger partial charge in [-0.25, -0.2) is 0 Å². The molecule has 29 heavy (non-hydrogen) atoms. The van der Waals surface area contributed by atoms with Gasteiger partial charge in [0.25, 0.3) is 0 Å². The highest BCUT2D eigenvalue weighted by Gasteiger charge is 2.18. The molecule has 0 atom stereocenters. The zero-order chi connectivity index (χ0) is 20.5. The largest absolute Gasteiger partial charge is 0.339 e. The van der Waals surface area contributed by atoms with E-state index in [1.807, 2.05) is 62.7 Å². The molecule has 3 aromatic heterocycles. The van der Waals surface area contributed by atoms with Crippen LogP contribution in [0, 0.1) is 13.8 Å². The van der Waals surface area contributed by atoms with Crippen molar-refractivity contribution in [1.29, 1.82) is 0 Å². The van der Waals surface area contributed by atoms with Crippen LogP contribution in [0.3, 0.4) is 0 Å². The van der Waals surface area contributed by atoms with Gasteiger partial charge in [-0.2, -0.15) is 0 Å². The molecule has 1 aromatic carbocycles. The number of fused-ring (bicyclic) bond motifs is 1. The van der Waals surface area contributed by atoms with Crippen LogP contribution in [0.1, 0.15) is 32.7 Å². The molecule has 0 unspecified atom stereocenters. The lowest BCUT2D eigenvalue weighted by molar-refractivity contribution is 0.103. The summed E-state index contributed by atoms with van der Waals surface area (Å²) >= 11 is 0. The molecule has 0 bridgehead atoms. The summed E-state index contributed by atoms with van der Waals surface area (Å²) in [4.78, 5) is 35.0. The summed E-state index contributed by atoms with van der Waals surface area (Å²) in [7, 11) is 1.93. The van der Waals surface area contributed by atoms with Crippen molar-refractivity contribution in [2.75, 3.05) is 0 Å². The van der Waals surface area contributed by atoms with Gasteiger partial charge in [0.15, 0.2) is 13.6 Å². The number of carbonyl (C=O) groups excluding carboxylic acids is 1. The molecule has 142 valence electrons. The molecule has 0 fully saturated rings. The van der Waals surface area contributed by atoms with Crippen LogP contribution >= 0.6 is 0 Å². The van der Waals surface area contributed by atoms with Gasteiger partial charge in [-0.1, -0.05) is 24.3 Å². The number of nitrogens with zero attached hydrogens (tertiary/aromatic N) is 3. The molecule has 0 radical (unpaired) electrons. The Kier molecular flexibility index (Phi) is 4.85. The Bertz CT molecular complexity index is 1310. The highest BCUT2D eigenvalue weighted by molar-refractivity contribution is 6.30. The monoisotopic (exact) mass is 381 g/mol. The molecule has 0 saturated heterocycles. The molecule has 0 spiro atoms. The standard InChI is InChI=1S/C23H20BN3O2/c1-14-8-9-16(11-15(14)2)22(28)18-13-27(12-17-5-3-7-20(24)26-17)19-6-4-10-25-21(19)23(18)29/h3-11,13H,12,24H2,1-2H3. The fourth-order valence-electron chi connectivity index (χ4n) is 3.41. The smallest absolute Gasteiger partial charge is 0.218 e. The predicted molar refractivity (Wildman–Crippen MR) is 117 cm³/mol. The van der Waals surface area contributed by atoms with E-state index in [1.165, 1.54) is 0 Å². The number of carbonyl (C=O) groups is 1. The minimum absolute atomic E-state index is 0.118. The number of rotatable bonds is 4. The summed E-state index contributed by atoms with van der Waals surface area (Å²) in [5.74, 6) is -0.295. The first-order chi connectivity index (χ1) is 13.9. The quantitative estimate of drug-likeness (QED) is 0.400. The van der Waals surface area contributed by atoms with E-state index in [4.69, 9.17) is 0 Å². The molecule has 6 heteroatoms. The predicted octanol–water partition coefficient (Wildman–Crippen LogP) is 1.95. The number of aryl methyl sites for hydroxylation is 2. The molecule has 3 heterocycles. The van der Waals surface area contributed by atoms with Crippen LogP contribution in [0.2, 0.25) is 0 Å². The first kappa shape index (κ1) is 18.8. The van der Waals surface area contributed by atoms with Gasteiger partial charge in [0, 0.05) is 18.0 Å². The lowest BCUT2D eigenvalue weighted by atomic mass is 9.99. The van der Waals surface area contributed by atoms with Gasteiger partial charge in [0.2, 0.25) is 5.43 Å². The molecule has 4 rings (SSSR count).